The van der Waals surface area contributed by atoms with Crippen molar-refractivity contribution in [3.63, 3.8) is 0 Å². The van der Waals surface area contributed by atoms with Crippen LogP contribution in [0.5, 0.6) is 0 Å². The van der Waals surface area contributed by atoms with Gasteiger partial charge in [0.05, 0.1) is 5.56 Å². The first-order valence-electron chi connectivity index (χ1n) is 12.8. The molecule has 0 heterocycles. The summed E-state index contributed by atoms with van der Waals surface area (Å²) in [7, 11) is 0. The van der Waals surface area contributed by atoms with E-state index in [2.05, 4.69) is 13.0 Å². The van der Waals surface area contributed by atoms with Crippen LogP contribution in [0.15, 0.2) is 48.6 Å². The number of fused-ring (bicyclic) bond motifs is 1. The van der Waals surface area contributed by atoms with Gasteiger partial charge >= 0.3 is 0 Å². The van der Waals surface area contributed by atoms with E-state index in [1.807, 2.05) is 37.3 Å². The minimum Gasteiger partial charge on any atom is -0.206 e. The highest BCUT2D eigenvalue weighted by Gasteiger charge is 2.36. The van der Waals surface area contributed by atoms with Crippen LogP contribution in [0, 0.1) is 29.4 Å². The minimum atomic E-state index is -0.421. The molecule has 0 amide bonds. The third kappa shape index (κ3) is 5.33. The smallest absolute Gasteiger partial charge is 0.134 e. The number of rotatable bonds is 7. The van der Waals surface area contributed by atoms with E-state index < -0.39 is 11.6 Å². The Labute approximate surface area is 193 Å². The lowest BCUT2D eigenvalue weighted by atomic mass is 9.63. The maximum Gasteiger partial charge on any atom is 0.134 e. The molecule has 0 radical (unpaired) electrons. The van der Waals surface area contributed by atoms with Gasteiger partial charge in [-0.15, -0.1) is 0 Å². The fourth-order valence-corrected chi connectivity index (χ4v) is 6.32. The van der Waals surface area contributed by atoms with Crippen molar-refractivity contribution in [2.24, 2.45) is 17.8 Å². The molecule has 4 rings (SSSR count). The summed E-state index contributed by atoms with van der Waals surface area (Å²) in [5.74, 6) is 1.93. The van der Waals surface area contributed by atoms with Crippen molar-refractivity contribution in [3.05, 3.63) is 71.3 Å². The van der Waals surface area contributed by atoms with Crippen LogP contribution in [-0.2, 0) is 6.42 Å². The van der Waals surface area contributed by atoms with Crippen molar-refractivity contribution in [3.8, 4) is 11.1 Å². The normalized spacial score (nSPS) is 25.8. The van der Waals surface area contributed by atoms with Crippen LogP contribution >= 0.6 is 0 Å². The van der Waals surface area contributed by atoms with E-state index in [4.69, 9.17) is 0 Å². The van der Waals surface area contributed by atoms with Gasteiger partial charge in [0.2, 0.25) is 0 Å². The lowest BCUT2D eigenvalue weighted by Crippen LogP contribution is -2.30. The molecule has 0 aromatic heterocycles. The standard InChI is InChI=1S/C30H38F2/c1-3-5-6-8-21-9-12-23(13-10-21)30-28(31)19-27(20-29(30)32)26-16-15-24-17-22(7-4-2)11-14-25(24)18-26/h3,5,9-10,12-13,19-20,22,24-26H,4,6-8,11,14-18H2,1-2H3/b5-3+/t22?,24-,25-,26-/m1/s1. The Bertz CT molecular complexity index is 888. The van der Waals surface area contributed by atoms with Gasteiger partial charge in [-0.3, -0.25) is 0 Å². The fourth-order valence-electron chi connectivity index (χ4n) is 6.32. The van der Waals surface area contributed by atoms with Gasteiger partial charge in [-0.1, -0.05) is 62.6 Å². The second kappa shape index (κ2) is 10.8. The van der Waals surface area contributed by atoms with Gasteiger partial charge in [0.15, 0.2) is 0 Å². The van der Waals surface area contributed by atoms with E-state index in [9.17, 15) is 0 Å². The van der Waals surface area contributed by atoms with Crippen molar-refractivity contribution in [2.45, 2.75) is 84.0 Å². The predicted octanol–water partition coefficient (Wildman–Crippen LogP) is 9.24. The molecule has 2 aromatic carbocycles. The number of allylic oxidation sites excluding steroid dienone is 2. The topological polar surface area (TPSA) is 0 Å². The summed E-state index contributed by atoms with van der Waals surface area (Å²) in [4.78, 5) is 0. The van der Waals surface area contributed by atoms with Crippen LogP contribution < -0.4 is 0 Å². The molecule has 2 saturated carbocycles. The summed E-state index contributed by atoms with van der Waals surface area (Å²) >= 11 is 0. The molecule has 0 N–H and O–H groups in total. The van der Waals surface area contributed by atoms with Crippen molar-refractivity contribution in [1.82, 2.24) is 0 Å². The summed E-state index contributed by atoms with van der Waals surface area (Å²) in [6.07, 6.45) is 16.2. The Morgan fingerprint density at radius 1 is 0.906 bits per heavy atom. The zero-order chi connectivity index (χ0) is 22.5. The highest BCUT2D eigenvalue weighted by Crippen LogP contribution is 2.48. The Morgan fingerprint density at radius 3 is 2.28 bits per heavy atom. The summed E-state index contributed by atoms with van der Waals surface area (Å²) in [6, 6.07) is 10.9. The average Bonchev–Trinajstić information content (AvgIpc) is 2.79. The summed E-state index contributed by atoms with van der Waals surface area (Å²) < 4.78 is 30.2. The Morgan fingerprint density at radius 2 is 1.59 bits per heavy atom. The Kier molecular flexibility index (Phi) is 7.81. The molecule has 2 aliphatic rings. The van der Waals surface area contributed by atoms with Gasteiger partial charge < -0.3 is 0 Å². The molecule has 2 fully saturated rings. The fraction of sp³-hybridized carbons (Fsp3) is 0.533. The first-order chi connectivity index (χ1) is 15.6. The van der Waals surface area contributed by atoms with Crippen LogP contribution in [0.3, 0.4) is 0 Å². The number of hydrogen-bond acceptors (Lipinski definition) is 0. The molecule has 4 atom stereocenters. The van der Waals surface area contributed by atoms with Crippen molar-refractivity contribution in [2.75, 3.05) is 0 Å². The summed E-state index contributed by atoms with van der Waals surface area (Å²) in [5.41, 5.74) is 2.79. The predicted molar refractivity (Wildman–Crippen MR) is 131 cm³/mol. The molecule has 32 heavy (non-hydrogen) atoms. The molecular weight excluding hydrogens is 398 g/mol. The highest BCUT2D eigenvalue weighted by molar-refractivity contribution is 5.65. The maximum absolute atomic E-state index is 15.1. The highest BCUT2D eigenvalue weighted by atomic mass is 19.1. The van der Waals surface area contributed by atoms with Gasteiger partial charge in [-0.2, -0.15) is 0 Å². The van der Waals surface area contributed by atoms with Gasteiger partial charge in [0.25, 0.3) is 0 Å². The first-order valence-corrected chi connectivity index (χ1v) is 12.8. The van der Waals surface area contributed by atoms with E-state index in [1.165, 1.54) is 44.1 Å². The van der Waals surface area contributed by atoms with E-state index in [0.29, 0.717) is 11.5 Å². The molecule has 0 spiro atoms. The Balaban J connectivity index is 1.45. The van der Waals surface area contributed by atoms with Crippen molar-refractivity contribution < 1.29 is 8.78 Å². The van der Waals surface area contributed by atoms with Gasteiger partial charge in [-0.25, -0.2) is 8.78 Å². The number of halogens is 2. The second-order valence-electron chi connectivity index (χ2n) is 10.2. The quantitative estimate of drug-likeness (QED) is 0.379. The van der Waals surface area contributed by atoms with Crippen LogP contribution in [0.4, 0.5) is 8.78 Å². The maximum atomic E-state index is 15.1. The van der Waals surface area contributed by atoms with Crippen LogP contribution in [0.25, 0.3) is 11.1 Å². The molecule has 2 aromatic rings. The van der Waals surface area contributed by atoms with Gasteiger partial charge in [0, 0.05) is 0 Å². The molecule has 0 bridgehead atoms. The van der Waals surface area contributed by atoms with Crippen molar-refractivity contribution >= 4 is 0 Å². The molecular formula is C30H38F2. The SMILES string of the molecule is C/C=C/CCc1ccc(-c2c(F)cc([C@@H]3CC[C@@H]4CC(CCC)CC[C@@H]4C3)cc2F)cc1. The van der Waals surface area contributed by atoms with Crippen molar-refractivity contribution in [1.29, 1.82) is 0 Å². The number of aryl methyl sites for hydroxylation is 1. The van der Waals surface area contributed by atoms with E-state index in [1.54, 1.807) is 12.1 Å². The molecule has 172 valence electrons. The van der Waals surface area contributed by atoms with E-state index in [-0.39, 0.29) is 5.56 Å². The molecule has 0 aliphatic heterocycles. The number of benzene rings is 2. The number of hydrogen-bond donors (Lipinski definition) is 0. The first kappa shape index (κ1) is 23.2. The average molecular weight is 437 g/mol. The summed E-state index contributed by atoms with van der Waals surface area (Å²) in [5, 5.41) is 0. The zero-order valence-corrected chi connectivity index (χ0v) is 19.8. The second-order valence-corrected chi connectivity index (χ2v) is 10.2. The third-order valence-corrected chi connectivity index (χ3v) is 8.03. The summed E-state index contributed by atoms with van der Waals surface area (Å²) in [6.45, 7) is 4.30. The van der Waals surface area contributed by atoms with Crippen LogP contribution in [0.1, 0.15) is 88.7 Å². The Hall–Kier alpha value is -1.96. The van der Waals surface area contributed by atoms with Gasteiger partial charge in [-0.05, 0) is 104 Å². The molecule has 0 nitrogen and oxygen atoms in total. The van der Waals surface area contributed by atoms with Crippen LogP contribution in [-0.4, -0.2) is 0 Å². The van der Waals surface area contributed by atoms with Crippen LogP contribution in [0.2, 0.25) is 0 Å². The van der Waals surface area contributed by atoms with E-state index in [0.717, 1.165) is 49.0 Å². The van der Waals surface area contributed by atoms with Gasteiger partial charge in [0.1, 0.15) is 11.6 Å². The molecule has 2 aliphatic carbocycles. The molecule has 1 unspecified atom stereocenters. The minimum absolute atomic E-state index is 0.113. The van der Waals surface area contributed by atoms with E-state index >= 15 is 8.78 Å². The zero-order valence-electron chi connectivity index (χ0n) is 19.8. The molecule has 0 saturated heterocycles. The lowest BCUT2D eigenvalue weighted by Gasteiger charge is -2.42. The monoisotopic (exact) mass is 436 g/mol. The molecule has 2 heteroatoms. The lowest BCUT2D eigenvalue weighted by molar-refractivity contribution is 0.114. The largest absolute Gasteiger partial charge is 0.206 e. The third-order valence-electron chi connectivity index (χ3n) is 8.03.